The Morgan fingerprint density at radius 3 is 2.57 bits per heavy atom. The van der Waals surface area contributed by atoms with Crippen LogP contribution in [0, 0.1) is 11.8 Å². The van der Waals surface area contributed by atoms with Crippen molar-refractivity contribution in [3.63, 3.8) is 0 Å². The molecule has 84 valence electrons. The first-order valence-electron chi connectivity index (χ1n) is 6.42. The lowest BCUT2D eigenvalue weighted by molar-refractivity contribution is 0.0548. The molecule has 1 fully saturated rings. The molecule has 1 aliphatic rings. The fourth-order valence-corrected chi connectivity index (χ4v) is 2.61. The maximum atomic E-state index is 9.61. The van der Waals surface area contributed by atoms with E-state index < -0.39 is 0 Å². The van der Waals surface area contributed by atoms with Gasteiger partial charge in [0, 0.05) is 0 Å². The van der Waals surface area contributed by atoms with E-state index in [2.05, 4.69) is 13.8 Å². The molecule has 0 amide bonds. The van der Waals surface area contributed by atoms with E-state index in [1.807, 2.05) is 0 Å². The molecule has 1 aliphatic carbocycles. The second kappa shape index (κ2) is 6.44. The van der Waals surface area contributed by atoms with Gasteiger partial charge in [0.15, 0.2) is 0 Å². The molecule has 1 heteroatoms. The Morgan fingerprint density at radius 1 is 1.14 bits per heavy atom. The Bertz CT molecular complexity index is 144. The molecule has 14 heavy (non-hydrogen) atoms. The number of hydrogen-bond acceptors (Lipinski definition) is 1. The van der Waals surface area contributed by atoms with Crippen LogP contribution in [-0.4, -0.2) is 11.2 Å². The van der Waals surface area contributed by atoms with Gasteiger partial charge in [-0.2, -0.15) is 0 Å². The Balaban J connectivity index is 2.07. The third kappa shape index (κ3) is 4.00. The summed E-state index contributed by atoms with van der Waals surface area (Å²) in [5.41, 5.74) is 0. The molecule has 0 aromatic carbocycles. The van der Waals surface area contributed by atoms with Gasteiger partial charge < -0.3 is 5.11 Å². The lowest BCUT2D eigenvalue weighted by atomic mass is 9.78. The summed E-state index contributed by atoms with van der Waals surface area (Å²) in [6.45, 7) is 4.46. The van der Waals surface area contributed by atoms with Gasteiger partial charge in [0.2, 0.25) is 0 Å². The highest BCUT2D eigenvalue weighted by Gasteiger charge is 2.25. The highest BCUT2D eigenvalue weighted by molar-refractivity contribution is 4.76. The van der Waals surface area contributed by atoms with Crippen LogP contribution in [0.15, 0.2) is 0 Å². The lowest BCUT2D eigenvalue weighted by Crippen LogP contribution is -2.26. The number of unbranched alkanes of at least 4 members (excludes halogenated alkanes) is 3. The highest BCUT2D eigenvalue weighted by Crippen LogP contribution is 2.32. The van der Waals surface area contributed by atoms with E-state index in [9.17, 15) is 5.11 Å². The molecule has 0 aromatic rings. The monoisotopic (exact) mass is 198 g/mol. The summed E-state index contributed by atoms with van der Waals surface area (Å²) in [6.07, 6.45) is 10.5. The van der Waals surface area contributed by atoms with Gasteiger partial charge in [-0.1, -0.05) is 46.0 Å². The lowest BCUT2D eigenvalue weighted by Gasteiger charge is -2.31. The molecular weight excluding hydrogens is 172 g/mol. The Labute approximate surface area is 88.9 Å². The Morgan fingerprint density at radius 2 is 1.93 bits per heavy atom. The molecule has 3 unspecified atom stereocenters. The van der Waals surface area contributed by atoms with E-state index in [0.717, 1.165) is 12.3 Å². The van der Waals surface area contributed by atoms with E-state index in [0.29, 0.717) is 5.92 Å². The summed E-state index contributed by atoms with van der Waals surface area (Å²) < 4.78 is 0. The summed E-state index contributed by atoms with van der Waals surface area (Å²) in [5, 5.41) is 9.61. The van der Waals surface area contributed by atoms with E-state index in [1.165, 1.54) is 44.9 Å². The van der Waals surface area contributed by atoms with Crippen molar-refractivity contribution < 1.29 is 5.11 Å². The van der Waals surface area contributed by atoms with Crippen LogP contribution in [0.3, 0.4) is 0 Å². The fourth-order valence-electron chi connectivity index (χ4n) is 2.61. The molecule has 0 radical (unpaired) electrons. The van der Waals surface area contributed by atoms with Crippen LogP contribution < -0.4 is 0 Å². The van der Waals surface area contributed by atoms with Gasteiger partial charge in [0.05, 0.1) is 6.10 Å². The first kappa shape index (κ1) is 12.0. The fraction of sp³-hybridized carbons (Fsp3) is 1.00. The molecule has 0 saturated heterocycles. The first-order valence-corrected chi connectivity index (χ1v) is 6.42. The van der Waals surface area contributed by atoms with E-state index in [1.54, 1.807) is 0 Å². The molecule has 1 rings (SSSR count). The standard InChI is InChI=1S/C13H26O/c1-3-4-5-6-7-12-8-9-13(14)11(2)10-12/h11-14H,3-10H2,1-2H3. The molecule has 0 aliphatic heterocycles. The summed E-state index contributed by atoms with van der Waals surface area (Å²) in [5.74, 6) is 1.45. The van der Waals surface area contributed by atoms with Crippen LogP contribution in [0.5, 0.6) is 0 Å². The minimum atomic E-state index is -0.0121. The van der Waals surface area contributed by atoms with Gasteiger partial charge in [-0.05, 0) is 31.1 Å². The second-order valence-corrected chi connectivity index (χ2v) is 5.07. The topological polar surface area (TPSA) is 20.2 Å². The van der Waals surface area contributed by atoms with Crippen LogP contribution >= 0.6 is 0 Å². The smallest absolute Gasteiger partial charge is 0.0566 e. The van der Waals surface area contributed by atoms with E-state index >= 15 is 0 Å². The van der Waals surface area contributed by atoms with Crippen molar-refractivity contribution >= 4 is 0 Å². The van der Waals surface area contributed by atoms with Crippen LogP contribution in [0.25, 0.3) is 0 Å². The average molecular weight is 198 g/mol. The second-order valence-electron chi connectivity index (χ2n) is 5.07. The normalized spacial score (nSPS) is 33.2. The Kier molecular flexibility index (Phi) is 5.54. The largest absolute Gasteiger partial charge is 0.393 e. The molecule has 3 atom stereocenters. The highest BCUT2D eigenvalue weighted by atomic mass is 16.3. The SMILES string of the molecule is CCCCCCC1CCC(O)C(C)C1. The van der Waals surface area contributed by atoms with Crippen LogP contribution in [0.4, 0.5) is 0 Å². The molecule has 1 nitrogen and oxygen atoms in total. The minimum absolute atomic E-state index is 0.0121. The molecule has 0 heterocycles. The van der Waals surface area contributed by atoms with Gasteiger partial charge in [0.1, 0.15) is 0 Å². The first-order chi connectivity index (χ1) is 6.74. The zero-order valence-electron chi connectivity index (χ0n) is 9.84. The maximum Gasteiger partial charge on any atom is 0.0566 e. The van der Waals surface area contributed by atoms with Crippen molar-refractivity contribution in [2.75, 3.05) is 0 Å². The number of aliphatic hydroxyl groups excluding tert-OH is 1. The van der Waals surface area contributed by atoms with Gasteiger partial charge >= 0.3 is 0 Å². The zero-order chi connectivity index (χ0) is 10.4. The third-order valence-electron chi connectivity index (χ3n) is 3.70. The van der Waals surface area contributed by atoms with Crippen LogP contribution in [0.2, 0.25) is 0 Å². The van der Waals surface area contributed by atoms with Crippen molar-refractivity contribution in [3.05, 3.63) is 0 Å². The number of aliphatic hydroxyl groups is 1. The average Bonchev–Trinajstić information content (AvgIpc) is 2.18. The summed E-state index contributed by atoms with van der Waals surface area (Å²) in [6, 6.07) is 0. The van der Waals surface area contributed by atoms with Crippen LogP contribution in [0.1, 0.15) is 65.2 Å². The summed E-state index contributed by atoms with van der Waals surface area (Å²) in [7, 11) is 0. The number of hydrogen-bond donors (Lipinski definition) is 1. The molecule has 1 saturated carbocycles. The quantitative estimate of drug-likeness (QED) is 0.667. The predicted octanol–water partition coefficient (Wildman–Crippen LogP) is 3.75. The van der Waals surface area contributed by atoms with Gasteiger partial charge in [0.25, 0.3) is 0 Å². The molecular formula is C13H26O. The van der Waals surface area contributed by atoms with Crippen molar-refractivity contribution in [1.82, 2.24) is 0 Å². The molecule has 0 aromatic heterocycles. The molecule has 1 N–H and O–H groups in total. The van der Waals surface area contributed by atoms with Crippen molar-refractivity contribution in [1.29, 1.82) is 0 Å². The molecule has 0 bridgehead atoms. The van der Waals surface area contributed by atoms with E-state index in [4.69, 9.17) is 0 Å². The van der Waals surface area contributed by atoms with Crippen molar-refractivity contribution in [3.8, 4) is 0 Å². The van der Waals surface area contributed by atoms with Gasteiger partial charge in [-0.3, -0.25) is 0 Å². The Hall–Kier alpha value is -0.0400. The van der Waals surface area contributed by atoms with Gasteiger partial charge in [-0.15, -0.1) is 0 Å². The molecule has 0 spiro atoms. The van der Waals surface area contributed by atoms with E-state index in [-0.39, 0.29) is 6.10 Å². The van der Waals surface area contributed by atoms with Crippen molar-refractivity contribution in [2.45, 2.75) is 71.3 Å². The summed E-state index contributed by atoms with van der Waals surface area (Å²) >= 11 is 0. The summed E-state index contributed by atoms with van der Waals surface area (Å²) in [4.78, 5) is 0. The van der Waals surface area contributed by atoms with Crippen molar-refractivity contribution in [2.24, 2.45) is 11.8 Å². The predicted molar refractivity (Wildman–Crippen MR) is 61.3 cm³/mol. The third-order valence-corrected chi connectivity index (χ3v) is 3.70. The number of rotatable bonds is 5. The van der Waals surface area contributed by atoms with Gasteiger partial charge in [-0.25, -0.2) is 0 Å². The maximum absolute atomic E-state index is 9.61. The minimum Gasteiger partial charge on any atom is -0.393 e. The van der Waals surface area contributed by atoms with Crippen LogP contribution in [-0.2, 0) is 0 Å². The zero-order valence-corrected chi connectivity index (χ0v) is 9.84.